The van der Waals surface area contributed by atoms with E-state index in [1.165, 1.54) is 154 Å². The Morgan fingerprint density at radius 1 is 0.471 bits per heavy atom. The maximum atomic E-state index is 11.8. The Morgan fingerprint density at radius 3 is 1.18 bits per heavy atom. The van der Waals surface area contributed by atoms with Crippen molar-refractivity contribution in [1.29, 1.82) is 0 Å². The molecule has 0 heterocycles. The Labute approximate surface area is 215 Å². The summed E-state index contributed by atoms with van der Waals surface area (Å²) in [6.07, 6.45) is 38.6. The van der Waals surface area contributed by atoms with E-state index in [0.29, 0.717) is 6.61 Å². The van der Waals surface area contributed by atoms with Crippen LogP contribution in [0.5, 0.6) is 0 Å². The molecule has 0 aromatic carbocycles. The molecule has 0 saturated carbocycles. The van der Waals surface area contributed by atoms with Crippen molar-refractivity contribution >= 4 is 5.97 Å². The zero-order valence-corrected chi connectivity index (χ0v) is 23.6. The van der Waals surface area contributed by atoms with Gasteiger partial charge in [0.15, 0.2) is 0 Å². The lowest BCUT2D eigenvalue weighted by Crippen LogP contribution is -2.02. The van der Waals surface area contributed by atoms with Gasteiger partial charge in [-0.05, 0) is 19.3 Å². The van der Waals surface area contributed by atoms with Gasteiger partial charge in [-0.25, -0.2) is 4.79 Å². The molecule has 0 spiro atoms. The van der Waals surface area contributed by atoms with Gasteiger partial charge < -0.3 is 4.74 Å². The van der Waals surface area contributed by atoms with Gasteiger partial charge in [0.25, 0.3) is 0 Å². The normalized spacial score (nSPS) is 11.5. The van der Waals surface area contributed by atoms with Crippen LogP contribution >= 0.6 is 0 Å². The summed E-state index contributed by atoms with van der Waals surface area (Å²) in [6.45, 7) is 5.14. The van der Waals surface area contributed by atoms with Crippen LogP contribution in [0.1, 0.15) is 181 Å². The van der Waals surface area contributed by atoms with Crippen molar-refractivity contribution in [2.24, 2.45) is 0 Å². The number of hydrogen-bond donors (Lipinski definition) is 0. The molecule has 2 heteroatoms. The second-order valence-corrected chi connectivity index (χ2v) is 10.5. The van der Waals surface area contributed by atoms with E-state index in [9.17, 15) is 4.79 Å². The van der Waals surface area contributed by atoms with E-state index in [1.807, 2.05) is 6.08 Å². The van der Waals surface area contributed by atoms with E-state index in [-0.39, 0.29) is 5.97 Å². The fraction of sp³-hybridized carbons (Fsp3) is 0.906. The number of esters is 1. The largest absolute Gasteiger partial charge is 0.463 e. The molecular weight excluding hydrogens is 416 g/mol. The van der Waals surface area contributed by atoms with Crippen LogP contribution in [0.15, 0.2) is 12.2 Å². The van der Waals surface area contributed by atoms with E-state index in [0.717, 1.165) is 12.8 Å². The lowest BCUT2D eigenvalue weighted by Gasteiger charge is -2.04. The maximum absolute atomic E-state index is 11.8. The van der Waals surface area contributed by atoms with Gasteiger partial charge in [0.2, 0.25) is 0 Å². The zero-order chi connectivity index (χ0) is 24.8. The molecule has 0 aromatic heterocycles. The molecule has 202 valence electrons. The molecule has 0 aromatic rings. The topological polar surface area (TPSA) is 26.3 Å². The highest BCUT2D eigenvalue weighted by Gasteiger charge is 1.98. The number of carbonyl (C=O) groups excluding carboxylic acids is 1. The summed E-state index contributed by atoms with van der Waals surface area (Å²) in [7, 11) is 0. The van der Waals surface area contributed by atoms with Crippen molar-refractivity contribution in [2.75, 3.05) is 6.61 Å². The zero-order valence-electron chi connectivity index (χ0n) is 23.6. The molecule has 0 fully saturated rings. The summed E-state index contributed by atoms with van der Waals surface area (Å²) >= 11 is 0. The first-order chi connectivity index (χ1) is 16.8. The van der Waals surface area contributed by atoms with Crippen LogP contribution in [-0.2, 0) is 9.53 Å². The second kappa shape index (κ2) is 30.2. The molecule has 0 bridgehead atoms. The van der Waals surface area contributed by atoms with Gasteiger partial charge in [0, 0.05) is 6.08 Å². The van der Waals surface area contributed by atoms with Crippen LogP contribution in [0, 0.1) is 0 Å². The second-order valence-electron chi connectivity index (χ2n) is 10.5. The molecule has 0 atom stereocenters. The minimum Gasteiger partial charge on any atom is -0.463 e. The average molecular weight is 479 g/mol. The van der Waals surface area contributed by atoms with E-state index in [2.05, 4.69) is 13.8 Å². The van der Waals surface area contributed by atoms with E-state index < -0.39 is 0 Å². The predicted molar refractivity (Wildman–Crippen MR) is 151 cm³/mol. The summed E-state index contributed by atoms with van der Waals surface area (Å²) in [5, 5.41) is 0. The Morgan fingerprint density at radius 2 is 0.794 bits per heavy atom. The van der Waals surface area contributed by atoms with E-state index in [4.69, 9.17) is 4.74 Å². The van der Waals surface area contributed by atoms with Crippen LogP contribution < -0.4 is 0 Å². The van der Waals surface area contributed by atoms with Crippen molar-refractivity contribution in [2.45, 2.75) is 181 Å². The molecule has 0 aliphatic rings. The summed E-state index contributed by atoms with van der Waals surface area (Å²) in [5.74, 6) is -0.155. The minimum atomic E-state index is -0.155. The van der Waals surface area contributed by atoms with Crippen LogP contribution in [0.4, 0.5) is 0 Å². The van der Waals surface area contributed by atoms with Crippen molar-refractivity contribution in [3.8, 4) is 0 Å². The van der Waals surface area contributed by atoms with Gasteiger partial charge in [0.05, 0.1) is 6.61 Å². The Hall–Kier alpha value is -0.790. The van der Waals surface area contributed by atoms with Crippen LogP contribution in [0.3, 0.4) is 0 Å². The molecule has 2 nitrogen and oxygen atoms in total. The van der Waals surface area contributed by atoms with Crippen molar-refractivity contribution in [1.82, 2.24) is 0 Å². The number of allylic oxidation sites excluding steroid dienone is 1. The smallest absolute Gasteiger partial charge is 0.330 e. The Kier molecular flexibility index (Phi) is 29.5. The first-order valence-electron chi connectivity index (χ1n) is 15.6. The highest BCUT2D eigenvalue weighted by Crippen LogP contribution is 2.14. The van der Waals surface area contributed by atoms with Gasteiger partial charge in [-0.3, -0.25) is 0 Å². The molecule has 0 amide bonds. The van der Waals surface area contributed by atoms with Crippen molar-refractivity contribution < 1.29 is 9.53 Å². The highest BCUT2D eigenvalue weighted by atomic mass is 16.5. The first-order valence-corrected chi connectivity index (χ1v) is 15.6. The van der Waals surface area contributed by atoms with Gasteiger partial charge in [-0.15, -0.1) is 0 Å². The van der Waals surface area contributed by atoms with Gasteiger partial charge >= 0.3 is 5.97 Å². The third-order valence-electron chi connectivity index (χ3n) is 6.97. The summed E-state index contributed by atoms with van der Waals surface area (Å²) in [6, 6.07) is 0. The van der Waals surface area contributed by atoms with Crippen molar-refractivity contribution in [3.05, 3.63) is 12.2 Å². The number of rotatable bonds is 28. The molecular formula is C32H62O2. The van der Waals surface area contributed by atoms with Crippen molar-refractivity contribution in [3.63, 3.8) is 0 Å². The lowest BCUT2D eigenvalue weighted by atomic mass is 10.0. The molecule has 0 aliphatic carbocycles. The summed E-state index contributed by atoms with van der Waals surface area (Å²) in [5.41, 5.74) is 0. The van der Waals surface area contributed by atoms with Crippen LogP contribution in [-0.4, -0.2) is 12.6 Å². The fourth-order valence-corrected chi connectivity index (χ4v) is 4.62. The molecule has 0 N–H and O–H groups in total. The predicted octanol–water partition coefficient (Wildman–Crippen LogP) is 11.3. The summed E-state index contributed by atoms with van der Waals surface area (Å²) in [4.78, 5) is 11.8. The maximum Gasteiger partial charge on any atom is 0.330 e. The Bertz CT molecular complexity index is 415. The van der Waals surface area contributed by atoms with E-state index in [1.54, 1.807) is 6.08 Å². The SMILES string of the molecule is CCCCCCCCCCCCCC=CC(=O)OCCCCCCCCCCCCCCCC. The van der Waals surface area contributed by atoms with Crippen LogP contribution in [0.2, 0.25) is 0 Å². The molecule has 0 saturated heterocycles. The average Bonchev–Trinajstić information content (AvgIpc) is 2.84. The molecule has 34 heavy (non-hydrogen) atoms. The molecule has 0 aliphatic heterocycles. The number of hydrogen-bond acceptors (Lipinski definition) is 2. The van der Waals surface area contributed by atoms with Crippen LogP contribution in [0.25, 0.3) is 0 Å². The Balaban J connectivity index is 3.21. The number of unbranched alkanes of at least 4 members (excludes halogenated alkanes) is 24. The summed E-state index contributed by atoms with van der Waals surface area (Å²) < 4.78 is 5.33. The standard InChI is InChI=1S/C32H62O2/c1-3-5-7-9-11-13-15-17-19-21-23-25-27-29-31-34-32(33)30-28-26-24-22-20-18-16-14-12-10-8-6-4-2/h28,30H,3-27,29,31H2,1-2H3. The fourth-order valence-electron chi connectivity index (χ4n) is 4.62. The van der Waals surface area contributed by atoms with Gasteiger partial charge in [-0.2, -0.15) is 0 Å². The third kappa shape index (κ3) is 29.2. The number of ether oxygens (including phenoxy) is 1. The lowest BCUT2D eigenvalue weighted by molar-refractivity contribution is -0.137. The van der Waals surface area contributed by atoms with E-state index >= 15 is 0 Å². The molecule has 0 unspecified atom stereocenters. The number of carbonyl (C=O) groups is 1. The minimum absolute atomic E-state index is 0.155. The molecule has 0 radical (unpaired) electrons. The third-order valence-corrected chi connectivity index (χ3v) is 6.97. The highest BCUT2D eigenvalue weighted by molar-refractivity contribution is 5.81. The van der Waals surface area contributed by atoms with Gasteiger partial charge in [-0.1, -0.05) is 168 Å². The monoisotopic (exact) mass is 478 g/mol. The first kappa shape index (κ1) is 33.2. The molecule has 0 rings (SSSR count). The van der Waals surface area contributed by atoms with Gasteiger partial charge in [0.1, 0.15) is 0 Å². The quantitative estimate of drug-likeness (QED) is 0.0634.